The molecular formula is C21H21ClN2O3. The zero-order valence-corrected chi connectivity index (χ0v) is 15.8. The Kier molecular flexibility index (Phi) is 4.79. The fraction of sp³-hybridized carbons (Fsp3) is 0.333. The molecule has 1 atom stereocenters. The predicted molar refractivity (Wildman–Crippen MR) is 105 cm³/mol. The number of carbonyl (C=O) groups excluding carboxylic acids is 1. The third-order valence-corrected chi connectivity index (χ3v) is 5.42. The molecule has 1 amide bonds. The Bertz CT molecular complexity index is 976. The van der Waals surface area contributed by atoms with Gasteiger partial charge in [-0.1, -0.05) is 29.8 Å². The van der Waals surface area contributed by atoms with Crippen LogP contribution in [0, 0.1) is 0 Å². The summed E-state index contributed by atoms with van der Waals surface area (Å²) >= 11 is 6.16. The van der Waals surface area contributed by atoms with E-state index in [2.05, 4.69) is 10.3 Å². The van der Waals surface area contributed by atoms with E-state index in [1.54, 1.807) is 13.2 Å². The highest BCUT2D eigenvalue weighted by atomic mass is 35.5. The SMILES string of the molecule is COc1cc(/C(=C/[C@H]2CCC(=O)N2)c2ccc(C3CC3)c(=O)[nH]2)ccc1Cl. The molecule has 2 fully saturated rings. The van der Waals surface area contributed by atoms with Crippen molar-refractivity contribution in [3.05, 3.63) is 68.6 Å². The summed E-state index contributed by atoms with van der Waals surface area (Å²) in [6.45, 7) is 0. The molecule has 2 aromatic rings. The molecule has 27 heavy (non-hydrogen) atoms. The molecule has 1 saturated heterocycles. The fourth-order valence-electron chi connectivity index (χ4n) is 3.49. The van der Waals surface area contributed by atoms with Crippen LogP contribution in [0.2, 0.25) is 5.02 Å². The van der Waals surface area contributed by atoms with Crippen LogP contribution in [-0.2, 0) is 4.79 Å². The van der Waals surface area contributed by atoms with Gasteiger partial charge in [0.1, 0.15) is 5.75 Å². The van der Waals surface area contributed by atoms with Gasteiger partial charge < -0.3 is 15.0 Å². The number of ether oxygens (including phenoxy) is 1. The lowest BCUT2D eigenvalue weighted by atomic mass is 9.98. The lowest BCUT2D eigenvalue weighted by Crippen LogP contribution is -2.23. The van der Waals surface area contributed by atoms with Crippen LogP contribution in [0.25, 0.3) is 5.57 Å². The number of methoxy groups -OCH3 is 1. The number of pyridine rings is 1. The van der Waals surface area contributed by atoms with E-state index in [1.165, 1.54) is 0 Å². The highest BCUT2D eigenvalue weighted by Gasteiger charge is 2.26. The van der Waals surface area contributed by atoms with E-state index in [0.29, 0.717) is 23.1 Å². The summed E-state index contributed by atoms with van der Waals surface area (Å²) in [7, 11) is 1.57. The van der Waals surface area contributed by atoms with Gasteiger partial charge in [-0.25, -0.2) is 0 Å². The van der Waals surface area contributed by atoms with E-state index in [-0.39, 0.29) is 17.5 Å². The Hall–Kier alpha value is -2.53. The maximum absolute atomic E-state index is 12.5. The van der Waals surface area contributed by atoms with Crippen molar-refractivity contribution in [2.45, 2.75) is 37.6 Å². The molecule has 1 aliphatic heterocycles. The zero-order valence-electron chi connectivity index (χ0n) is 15.0. The molecule has 0 radical (unpaired) electrons. The van der Waals surface area contributed by atoms with Gasteiger partial charge in [0.05, 0.1) is 12.1 Å². The number of carbonyl (C=O) groups is 1. The minimum atomic E-state index is -0.0687. The van der Waals surface area contributed by atoms with Crippen molar-refractivity contribution in [1.82, 2.24) is 10.3 Å². The topological polar surface area (TPSA) is 71.2 Å². The summed E-state index contributed by atoms with van der Waals surface area (Å²) < 4.78 is 5.34. The Labute approximate surface area is 162 Å². The van der Waals surface area contributed by atoms with Gasteiger partial charge in [-0.05, 0) is 48.9 Å². The summed E-state index contributed by atoms with van der Waals surface area (Å²) in [5.41, 5.74) is 3.23. The third kappa shape index (κ3) is 3.78. The Balaban J connectivity index is 1.78. The van der Waals surface area contributed by atoms with Crippen LogP contribution in [0.5, 0.6) is 5.75 Å². The number of aromatic nitrogens is 1. The van der Waals surface area contributed by atoms with Gasteiger partial charge in [0.2, 0.25) is 5.91 Å². The zero-order chi connectivity index (χ0) is 19.0. The highest BCUT2D eigenvalue weighted by Crippen LogP contribution is 2.38. The summed E-state index contributed by atoms with van der Waals surface area (Å²) in [6.07, 6.45) is 5.39. The van der Waals surface area contributed by atoms with Crippen LogP contribution in [0.15, 0.2) is 41.2 Å². The summed E-state index contributed by atoms with van der Waals surface area (Å²) in [4.78, 5) is 27.1. The average molecular weight is 385 g/mol. The molecule has 0 bridgehead atoms. The maximum Gasteiger partial charge on any atom is 0.251 e. The average Bonchev–Trinajstić information content (AvgIpc) is 3.42. The third-order valence-electron chi connectivity index (χ3n) is 5.11. The monoisotopic (exact) mass is 384 g/mol. The molecule has 6 heteroatoms. The normalized spacial score (nSPS) is 19.9. The van der Waals surface area contributed by atoms with Gasteiger partial charge in [-0.15, -0.1) is 0 Å². The molecule has 1 saturated carbocycles. The van der Waals surface area contributed by atoms with Gasteiger partial charge in [0.25, 0.3) is 5.56 Å². The second-order valence-electron chi connectivity index (χ2n) is 7.07. The van der Waals surface area contributed by atoms with Crippen molar-refractivity contribution in [2.24, 2.45) is 0 Å². The fourth-order valence-corrected chi connectivity index (χ4v) is 3.69. The minimum absolute atomic E-state index is 0.0434. The Morgan fingerprint density at radius 3 is 2.63 bits per heavy atom. The van der Waals surface area contributed by atoms with Gasteiger partial charge in [-0.2, -0.15) is 0 Å². The van der Waals surface area contributed by atoms with Crippen LogP contribution < -0.4 is 15.6 Å². The van der Waals surface area contributed by atoms with Gasteiger partial charge in [-0.3, -0.25) is 9.59 Å². The maximum atomic E-state index is 12.5. The molecule has 140 valence electrons. The predicted octanol–water partition coefficient (Wildman–Crippen LogP) is 3.62. The second kappa shape index (κ2) is 7.24. The number of hydrogen-bond donors (Lipinski definition) is 2. The van der Waals surface area contributed by atoms with Crippen molar-refractivity contribution in [1.29, 1.82) is 0 Å². The van der Waals surface area contributed by atoms with E-state index in [9.17, 15) is 9.59 Å². The molecule has 4 rings (SSSR count). The lowest BCUT2D eigenvalue weighted by molar-refractivity contribution is -0.119. The number of amides is 1. The van der Waals surface area contributed by atoms with E-state index < -0.39 is 0 Å². The Morgan fingerprint density at radius 1 is 1.19 bits per heavy atom. The number of nitrogens with one attached hydrogen (secondary N) is 2. The Morgan fingerprint density at radius 2 is 2.00 bits per heavy atom. The van der Waals surface area contributed by atoms with E-state index in [1.807, 2.05) is 30.3 Å². The number of rotatable bonds is 5. The van der Waals surface area contributed by atoms with Crippen LogP contribution in [0.4, 0.5) is 0 Å². The highest BCUT2D eigenvalue weighted by molar-refractivity contribution is 6.32. The first-order chi connectivity index (χ1) is 13.0. The first kappa shape index (κ1) is 17.9. The second-order valence-corrected chi connectivity index (χ2v) is 7.48. The number of H-pyrrole nitrogens is 1. The molecule has 1 aliphatic carbocycles. The van der Waals surface area contributed by atoms with Gasteiger partial charge in [0, 0.05) is 29.3 Å². The molecule has 5 nitrogen and oxygen atoms in total. The standard InChI is InChI=1S/C21H21ClN2O3/c1-27-19-10-13(4-7-17(19)22)16(11-14-5-9-20(25)23-14)18-8-6-15(12-2-3-12)21(26)24-18/h4,6-8,10-12,14H,2-3,5,9H2,1H3,(H,23,25)(H,24,26)/b16-11-/t14-/m1/s1. The van der Waals surface area contributed by atoms with Crippen molar-refractivity contribution >= 4 is 23.1 Å². The summed E-state index contributed by atoms with van der Waals surface area (Å²) in [6, 6.07) is 9.30. The first-order valence-electron chi connectivity index (χ1n) is 9.14. The van der Waals surface area contributed by atoms with Crippen LogP contribution in [-0.4, -0.2) is 24.0 Å². The van der Waals surface area contributed by atoms with E-state index in [4.69, 9.17) is 16.3 Å². The van der Waals surface area contributed by atoms with E-state index in [0.717, 1.165) is 41.7 Å². The van der Waals surface area contributed by atoms with Crippen LogP contribution in [0.1, 0.15) is 48.4 Å². The van der Waals surface area contributed by atoms with Crippen molar-refractivity contribution < 1.29 is 9.53 Å². The first-order valence-corrected chi connectivity index (χ1v) is 9.51. The summed E-state index contributed by atoms with van der Waals surface area (Å²) in [5, 5.41) is 3.47. The minimum Gasteiger partial charge on any atom is -0.495 e. The van der Waals surface area contributed by atoms with Crippen LogP contribution in [0.3, 0.4) is 0 Å². The number of hydrogen-bond acceptors (Lipinski definition) is 3. The summed E-state index contributed by atoms with van der Waals surface area (Å²) in [5.74, 6) is 0.995. The van der Waals surface area contributed by atoms with E-state index >= 15 is 0 Å². The molecule has 1 aromatic heterocycles. The molecule has 2 aliphatic rings. The largest absolute Gasteiger partial charge is 0.495 e. The smallest absolute Gasteiger partial charge is 0.251 e. The number of benzene rings is 1. The van der Waals surface area contributed by atoms with Crippen molar-refractivity contribution in [2.75, 3.05) is 7.11 Å². The molecule has 0 unspecified atom stereocenters. The number of halogens is 1. The van der Waals surface area contributed by atoms with Crippen molar-refractivity contribution in [3.8, 4) is 5.75 Å². The number of aromatic amines is 1. The van der Waals surface area contributed by atoms with Gasteiger partial charge in [0.15, 0.2) is 0 Å². The molecule has 0 spiro atoms. The van der Waals surface area contributed by atoms with Gasteiger partial charge >= 0.3 is 0 Å². The lowest BCUT2D eigenvalue weighted by Gasteiger charge is -2.14. The van der Waals surface area contributed by atoms with Crippen molar-refractivity contribution in [3.63, 3.8) is 0 Å². The molecule has 1 aromatic carbocycles. The van der Waals surface area contributed by atoms with Crippen LogP contribution >= 0.6 is 11.6 Å². The quantitative estimate of drug-likeness (QED) is 0.827. The molecule has 2 heterocycles. The molecular weight excluding hydrogens is 364 g/mol. The molecule has 2 N–H and O–H groups in total.